The summed E-state index contributed by atoms with van der Waals surface area (Å²) in [5, 5.41) is 3.12. The number of nitrogens with one attached hydrogen (secondary N) is 1. The highest BCUT2D eigenvalue weighted by molar-refractivity contribution is 7.89. The molecule has 1 amide bonds. The molecule has 1 unspecified atom stereocenters. The van der Waals surface area contributed by atoms with Gasteiger partial charge in [0, 0.05) is 25.6 Å². The molecule has 1 N–H and O–H groups in total. The lowest BCUT2D eigenvalue weighted by Gasteiger charge is -2.32. The molecule has 0 aliphatic carbocycles. The van der Waals surface area contributed by atoms with Crippen LogP contribution < -0.4 is 5.32 Å². The fourth-order valence-electron chi connectivity index (χ4n) is 3.72. The van der Waals surface area contributed by atoms with Crippen LogP contribution in [0.25, 0.3) is 0 Å². The van der Waals surface area contributed by atoms with E-state index < -0.39 is 10.0 Å². The van der Waals surface area contributed by atoms with E-state index in [0.29, 0.717) is 32.5 Å². The fourth-order valence-corrected chi connectivity index (χ4v) is 4.85. The number of sulfonamides is 1. The first-order valence-corrected chi connectivity index (χ1v) is 11.6. The van der Waals surface area contributed by atoms with Gasteiger partial charge in [0.1, 0.15) is 0 Å². The summed E-state index contributed by atoms with van der Waals surface area (Å²) in [5.74, 6) is 0.0463. The van der Waals surface area contributed by atoms with Gasteiger partial charge in [0.05, 0.1) is 11.8 Å². The minimum atomic E-state index is -3.16. The highest BCUT2D eigenvalue weighted by Gasteiger charge is 2.30. The molecule has 1 aromatic rings. The molecule has 1 saturated heterocycles. The number of likely N-dealkylation sites (N-methyl/N-ethyl adjacent to an activating group) is 1. The van der Waals surface area contributed by atoms with Crippen molar-refractivity contribution in [1.29, 1.82) is 0 Å². The highest BCUT2D eigenvalue weighted by Crippen LogP contribution is 2.22. The van der Waals surface area contributed by atoms with Gasteiger partial charge in [-0.15, -0.1) is 0 Å². The van der Waals surface area contributed by atoms with Crippen molar-refractivity contribution in [2.45, 2.75) is 39.7 Å². The lowest BCUT2D eigenvalue weighted by molar-refractivity contribution is -0.126. The lowest BCUT2D eigenvalue weighted by Crippen LogP contribution is -2.45. The molecule has 0 aromatic heterocycles. The number of hydrogen-bond acceptors (Lipinski definition) is 4. The van der Waals surface area contributed by atoms with Crippen LogP contribution in [0.15, 0.2) is 30.3 Å². The molecule has 6 nitrogen and oxygen atoms in total. The summed E-state index contributed by atoms with van der Waals surface area (Å²) in [6, 6.07) is 10.4. The van der Waals surface area contributed by atoms with E-state index in [2.05, 4.69) is 36.2 Å². The molecule has 1 aliphatic rings. The third-order valence-corrected chi connectivity index (χ3v) is 7.37. The Morgan fingerprint density at radius 1 is 1.15 bits per heavy atom. The molecule has 0 saturated carbocycles. The molecule has 2 rings (SSSR count). The minimum absolute atomic E-state index is 0.0385. The molecule has 0 bridgehead atoms. The van der Waals surface area contributed by atoms with E-state index >= 15 is 0 Å². The number of benzene rings is 1. The van der Waals surface area contributed by atoms with Crippen LogP contribution in [0.2, 0.25) is 0 Å². The maximum absolute atomic E-state index is 12.7. The number of nitrogens with zero attached hydrogens (tertiary/aromatic N) is 2. The molecule has 152 valence electrons. The Balaban J connectivity index is 1.94. The molecule has 0 spiro atoms. The van der Waals surface area contributed by atoms with Crippen LogP contribution in [0, 0.1) is 5.92 Å². The Morgan fingerprint density at radius 2 is 1.74 bits per heavy atom. The van der Waals surface area contributed by atoms with Crippen LogP contribution in [0.4, 0.5) is 0 Å². The molecule has 1 atom stereocenters. The average Bonchev–Trinajstić information content (AvgIpc) is 2.71. The Hall–Kier alpha value is -1.44. The van der Waals surface area contributed by atoms with Gasteiger partial charge in [0.25, 0.3) is 0 Å². The Bertz CT molecular complexity index is 682. The van der Waals surface area contributed by atoms with Gasteiger partial charge in [0.2, 0.25) is 15.9 Å². The zero-order valence-electron chi connectivity index (χ0n) is 16.7. The maximum atomic E-state index is 12.7. The SMILES string of the molecule is CCN(CC)C(CNC(=O)C1CCN(S(=O)(=O)CC)CC1)c1ccccc1. The monoisotopic (exact) mass is 395 g/mol. The second-order valence-electron chi connectivity index (χ2n) is 6.97. The van der Waals surface area contributed by atoms with Gasteiger partial charge in [-0.2, -0.15) is 0 Å². The zero-order chi connectivity index (χ0) is 19.9. The summed E-state index contributed by atoms with van der Waals surface area (Å²) in [4.78, 5) is 15.0. The first-order chi connectivity index (χ1) is 12.9. The summed E-state index contributed by atoms with van der Waals surface area (Å²) in [5.41, 5.74) is 1.20. The highest BCUT2D eigenvalue weighted by atomic mass is 32.2. The van der Waals surface area contributed by atoms with Gasteiger partial charge < -0.3 is 5.32 Å². The quantitative estimate of drug-likeness (QED) is 0.696. The second kappa shape index (κ2) is 10.2. The molecule has 7 heteroatoms. The molecular weight excluding hydrogens is 362 g/mol. The van der Waals surface area contributed by atoms with E-state index in [1.165, 1.54) is 9.87 Å². The van der Waals surface area contributed by atoms with Gasteiger partial charge in [-0.05, 0) is 38.4 Å². The number of hydrogen-bond donors (Lipinski definition) is 1. The molecule has 1 heterocycles. The largest absolute Gasteiger partial charge is 0.354 e. The predicted molar refractivity (Wildman–Crippen MR) is 109 cm³/mol. The summed E-state index contributed by atoms with van der Waals surface area (Å²) in [6.45, 7) is 9.19. The van der Waals surface area contributed by atoms with Crippen LogP contribution in [0.5, 0.6) is 0 Å². The second-order valence-corrected chi connectivity index (χ2v) is 9.22. The average molecular weight is 396 g/mol. The van der Waals surface area contributed by atoms with Crippen LogP contribution in [-0.2, 0) is 14.8 Å². The predicted octanol–water partition coefficient (Wildman–Crippen LogP) is 2.25. The Kier molecular flexibility index (Phi) is 8.26. The van der Waals surface area contributed by atoms with Crippen LogP contribution in [0.1, 0.15) is 45.2 Å². The van der Waals surface area contributed by atoms with Crippen molar-refractivity contribution in [1.82, 2.24) is 14.5 Å². The first-order valence-electron chi connectivity index (χ1n) is 9.97. The molecule has 1 aromatic carbocycles. The van der Waals surface area contributed by atoms with E-state index in [0.717, 1.165) is 13.1 Å². The molecule has 1 fully saturated rings. The van der Waals surface area contributed by atoms with Crippen molar-refractivity contribution < 1.29 is 13.2 Å². The van der Waals surface area contributed by atoms with Gasteiger partial charge in [-0.1, -0.05) is 44.2 Å². The third kappa shape index (κ3) is 5.77. The van der Waals surface area contributed by atoms with Crippen LogP contribution in [-0.4, -0.2) is 62.0 Å². The van der Waals surface area contributed by atoms with Crippen molar-refractivity contribution >= 4 is 15.9 Å². The summed E-state index contributed by atoms with van der Waals surface area (Å²) < 4.78 is 25.4. The van der Waals surface area contributed by atoms with Crippen LogP contribution >= 0.6 is 0 Å². The normalized spacial score (nSPS) is 17.8. The van der Waals surface area contributed by atoms with E-state index in [-0.39, 0.29) is 23.6 Å². The number of rotatable bonds is 9. The van der Waals surface area contributed by atoms with Crippen molar-refractivity contribution in [3.05, 3.63) is 35.9 Å². The van der Waals surface area contributed by atoms with Gasteiger partial charge in [0.15, 0.2) is 0 Å². The number of amides is 1. The molecule has 1 aliphatic heterocycles. The Morgan fingerprint density at radius 3 is 2.26 bits per heavy atom. The molecular formula is C20H33N3O3S. The molecule has 27 heavy (non-hydrogen) atoms. The van der Waals surface area contributed by atoms with E-state index in [4.69, 9.17) is 0 Å². The number of piperidine rings is 1. The zero-order valence-corrected chi connectivity index (χ0v) is 17.5. The standard InChI is InChI=1S/C20H33N3O3S/c1-4-22(5-2)19(17-10-8-7-9-11-17)16-21-20(24)18-12-14-23(15-13-18)27(25,26)6-3/h7-11,18-19H,4-6,12-16H2,1-3H3,(H,21,24). The van der Waals surface area contributed by atoms with Crippen LogP contribution in [0.3, 0.4) is 0 Å². The van der Waals surface area contributed by atoms with E-state index in [9.17, 15) is 13.2 Å². The smallest absolute Gasteiger partial charge is 0.223 e. The van der Waals surface area contributed by atoms with E-state index in [1.807, 2.05) is 18.2 Å². The van der Waals surface area contributed by atoms with Crippen molar-refractivity contribution in [2.75, 3.05) is 38.5 Å². The number of carbonyl (C=O) groups is 1. The number of carbonyl (C=O) groups excluding carboxylic acids is 1. The summed E-state index contributed by atoms with van der Waals surface area (Å²) in [7, 11) is -3.16. The maximum Gasteiger partial charge on any atom is 0.223 e. The minimum Gasteiger partial charge on any atom is -0.354 e. The van der Waals surface area contributed by atoms with Crippen molar-refractivity contribution in [2.24, 2.45) is 5.92 Å². The van der Waals surface area contributed by atoms with Crippen molar-refractivity contribution in [3.63, 3.8) is 0 Å². The van der Waals surface area contributed by atoms with Crippen molar-refractivity contribution in [3.8, 4) is 0 Å². The van der Waals surface area contributed by atoms with E-state index in [1.54, 1.807) is 6.92 Å². The third-order valence-electron chi connectivity index (χ3n) is 5.49. The summed E-state index contributed by atoms with van der Waals surface area (Å²) in [6.07, 6.45) is 1.18. The lowest BCUT2D eigenvalue weighted by atomic mass is 9.97. The van der Waals surface area contributed by atoms with Gasteiger partial charge in [-0.3, -0.25) is 9.69 Å². The van der Waals surface area contributed by atoms with Gasteiger partial charge in [-0.25, -0.2) is 12.7 Å². The fraction of sp³-hybridized carbons (Fsp3) is 0.650. The molecule has 0 radical (unpaired) electrons. The Labute approximate surface area is 164 Å². The topological polar surface area (TPSA) is 69.7 Å². The first kappa shape index (κ1) is 21.9. The summed E-state index contributed by atoms with van der Waals surface area (Å²) >= 11 is 0. The van der Waals surface area contributed by atoms with Gasteiger partial charge >= 0.3 is 0 Å².